The number of rotatable bonds is 1. The third kappa shape index (κ3) is 2.41. The summed E-state index contributed by atoms with van der Waals surface area (Å²) in [6.45, 7) is 0. The first-order chi connectivity index (χ1) is 7.45. The molecule has 0 radical (unpaired) electrons. The summed E-state index contributed by atoms with van der Waals surface area (Å²) >= 11 is 1.44. The summed E-state index contributed by atoms with van der Waals surface area (Å²) in [5.74, 6) is 0. The van der Waals surface area contributed by atoms with Gasteiger partial charge in [-0.05, 0) is 24.3 Å². The summed E-state index contributed by atoms with van der Waals surface area (Å²) in [6, 6.07) is 11.9. The van der Waals surface area contributed by atoms with Gasteiger partial charge in [0.25, 0.3) is 17.4 Å². The number of pyridine rings is 2. The number of nitrogens with zero attached hydrogens (tertiary/aromatic N) is 3. The molecule has 3 aromatic rings. The SMILES string of the molecule is O.[Cl-].c1ccc(-c2ns[n+]3ccccc23)nc1. The van der Waals surface area contributed by atoms with Crippen LogP contribution < -0.4 is 16.2 Å². The standard InChI is InChI=1S/C11H8N3S.ClH.H2O/c1-3-7-12-9(5-1)11-10-6-2-4-8-14(10)15-13-11;;/h1-8H;1H;1H2/q+1;;/p-1. The van der Waals surface area contributed by atoms with E-state index in [1.54, 1.807) is 6.20 Å². The van der Waals surface area contributed by atoms with E-state index in [4.69, 9.17) is 0 Å². The molecule has 0 bridgehead atoms. The normalized spacial score (nSPS) is 9.41. The van der Waals surface area contributed by atoms with Crippen molar-refractivity contribution in [2.24, 2.45) is 0 Å². The molecule has 0 aliphatic carbocycles. The van der Waals surface area contributed by atoms with E-state index in [1.165, 1.54) is 11.7 Å². The fraction of sp³-hybridized carbons (Fsp3) is 0. The maximum atomic E-state index is 4.41. The highest BCUT2D eigenvalue weighted by atomic mass is 35.5. The third-order valence-electron chi connectivity index (χ3n) is 2.19. The van der Waals surface area contributed by atoms with Crippen molar-refractivity contribution in [3.8, 4) is 11.4 Å². The van der Waals surface area contributed by atoms with Crippen molar-refractivity contribution >= 4 is 17.2 Å². The van der Waals surface area contributed by atoms with Crippen LogP contribution in [0.25, 0.3) is 16.9 Å². The second-order valence-electron chi connectivity index (χ2n) is 3.15. The highest BCUT2D eigenvalue weighted by Crippen LogP contribution is 2.18. The molecule has 0 amide bonds. The number of fused-ring (bicyclic) bond motifs is 1. The fourth-order valence-corrected chi connectivity index (χ4v) is 2.21. The van der Waals surface area contributed by atoms with Crippen molar-refractivity contribution in [1.82, 2.24) is 9.36 Å². The van der Waals surface area contributed by atoms with Crippen LogP contribution in [-0.2, 0) is 0 Å². The molecule has 17 heavy (non-hydrogen) atoms. The second kappa shape index (κ2) is 5.67. The van der Waals surface area contributed by atoms with Gasteiger partial charge >= 0.3 is 0 Å². The molecule has 0 spiro atoms. The van der Waals surface area contributed by atoms with Crippen molar-refractivity contribution in [1.29, 1.82) is 0 Å². The van der Waals surface area contributed by atoms with Crippen LogP contribution in [0.1, 0.15) is 0 Å². The van der Waals surface area contributed by atoms with Gasteiger partial charge in [-0.25, -0.2) is 0 Å². The zero-order chi connectivity index (χ0) is 10.1. The quantitative estimate of drug-likeness (QED) is 0.485. The number of hydrogen-bond acceptors (Lipinski definition) is 3. The molecule has 4 nitrogen and oxygen atoms in total. The average molecular weight is 268 g/mol. The fourth-order valence-electron chi connectivity index (χ4n) is 1.50. The summed E-state index contributed by atoms with van der Waals surface area (Å²) in [5.41, 5.74) is 2.96. The number of hydrogen-bond donors (Lipinski definition) is 0. The Bertz CT molecular complexity index is 600. The van der Waals surface area contributed by atoms with Crippen molar-refractivity contribution in [2.45, 2.75) is 0 Å². The summed E-state index contributed by atoms with van der Waals surface area (Å²) in [4.78, 5) is 4.30. The molecular weight excluding hydrogens is 258 g/mol. The van der Waals surface area contributed by atoms with Gasteiger partial charge in [0.1, 0.15) is 11.9 Å². The smallest absolute Gasteiger partial charge is 0.283 e. The van der Waals surface area contributed by atoms with Crippen LogP contribution in [0.3, 0.4) is 0 Å². The molecule has 88 valence electrons. The Morgan fingerprint density at radius 1 is 1.06 bits per heavy atom. The molecule has 0 aromatic carbocycles. The third-order valence-corrected chi connectivity index (χ3v) is 2.95. The van der Waals surface area contributed by atoms with Crippen LogP contribution in [0, 0.1) is 0 Å². The van der Waals surface area contributed by atoms with E-state index >= 15 is 0 Å². The lowest BCUT2D eigenvalue weighted by atomic mass is 10.2. The molecule has 0 atom stereocenters. The van der Waals surface area contributed by atoms with Crippen LogP contribution in [0.15, 0.2) is 48.8 Å². The summed E-state index contributed by atoms with van der Waals surface area (Å²) in [7, 11) is 0. The van der Waals surface area contributed by atoms with Gasteiger partial charge in [0, 0.05) is 10.6 Å². The molecule has 0 saturated heterocycles. The molecule has 0 saturated carbocycles. The second-order valence-corrected chi connectivity index (χ2v) is 3.89. The van der Waals surface area contributed by atoms with Crippen LogP contribution in [0.2, 0.25) is 0 Å². The van der Waals surface area contributed by atoms with Gasteiger partial charge in [-0.3, -0.25) is 4.98 Å². The van der Waals surface area contributed by atoms with Gasteiger partial charge in [0.2, 0.25) is 0 Å². The van der Waals surface area contributed by atoms with E-state index in [2.05, 4.69) is 9.36 Å². The largest absolute Gasteiger partial charge is 1.00 e. The van der Waals surface area contributed by atoms with E-state index in [-0.39, 0.29) is 17.9 Å². The Balaban J connectivity index is 0.000000722. The molecule has 6 heteroatoms. The highest BCUT2D eigenvalue weighted by Gasteiger charge is 2.17. The van der Waals surface area contributed by atoms with E-state index in [0.717, 1.165) is 16.9 Å². The summed E-state index contributed by atoms with van der Waals surface area (Å²) < 4.78 is 6.44. The van der Waals surface area contributed by atoms with Crippen molar-refractivity contribution in [3.63, 3.8) is 0 Å². The first-order valence-corrected chi connectivity index (χ1v) is 5.36. The van der Waals surface area contributed by atoms with Gasteiger partial charge < -0.3 is 17.9 Å². The van der Waals surface area contributed by atoms with Crippen LogP contribution in [0.5, 0.6) is 0 Å². The topological polar surface area (TPSA) is 61.4 Å². The molecule has 3 rings (SSSR count). The average Bonchev–Trinajstić information content (AvgIpc) is 2.74. The van der Waals surface area contributed by atoms with Crippen molar-refractivity contribution in [2.75, 3.05) is 0 Å². The van der Waals surface area contributed by atoms with E-state index in [9.17, 15) is 0 Å². The molecule has 0 aliphatic rings. The molecule has 2 N–H and O–H groups in total. The molecule has 3 aromatic heterocycles. The van der Waals surface area contributed by atoms with Gasteiger partial charge in [-0.1, -0.05) is 12.1 Å². The molecule has 0 aliphatic heterocycles. The Hall–Kier alpha value is -1.56. The van der Waals surface area contributed by atoms with E-state index in [1.807, 2.05) is 46.4 Å². The first kappa shape index (κ1) is 13.5. The molecule has 3 heterocycles. The molecule has 0 unspecified atom stereocenters. The Kier molecular flexibility index (Phi) is 4.51. The maximum absolute atomic E-state index is 4.41. The van der Waals surface area contributed by atoms with Gasteiger partial charge in [-0.2, -0.15) is 0 Å². The van der Waals surface area contributed by atoms with Crippen LogP contribution in [0.4, 0.5) is 0 Å². The van der Waals surface area contributed by atoms with Gasteiger partial charge in [-0.15, -0.1) is 3.79 Å². The van der Waals surface area contributed by atoms with Gasteiger partial charge in [0.05, 0.1) is 0 Å². The lowest BCUT2D eigenvalue weighted by Crippen LogP contribution is -3.00. The van der Waals surface area contributed by atoms with Crippen LogP contribution in [-0.4, -0.2) is 14.8 Å². The Morgan fingerprint density at radius 2 is 1.88 bits per heavy atom. The minimum Gasteiger partial charge on any atom is -1.00 e. The zero-order valence-corrected chi connectivity index (χ0v) is 10.3. The lowest BCUT2D eigenvalue weighted by molar-refractivity contribution is -0.432. The highest BCUT2D eigenvalue weighted by molar-refractivity contribution is 6.95. The lowest BCUT2D eigenvalue weighted by Gasteiger charge is -1.89. The molecular formula is C11H10ClN3OS. The maximum Gasteiger partial charge on any atom is 0.283 e. The Morgan fingerprint density at radius 3 is 2.65 bits per heavy atom. The monoisotopic (exact) mass is 267 g/mol. The zero-order valence-electron chi connectivity index (χ0n) is 8.75. The van der Waals surface area contributed by atoms with E-state index in [0.29, 0.717) is 0 Å². The predicted octanol–water partition coefficient (Wildman–Crippen LogP) is -1.88. The minimum atomic E-state index is 0. The van der Waals surface area contributed by atoms with Crippen LogP contribution >= 0.6 is 11.7 Å². The summed E-state index contributed by atoms with van der Waals surface area (Å²) in [6.07, 6.45) is 3.79. The predicted molar refractivity (Wildman–Crippen MR) is 62.1 cm³/mol. The summed E-state index contributed by atoms with van der Waals surface area (Å²) in [5, 5.41) is 0. The first-order valence-electron chi connectivity index (χ1n) is 4.63. The molecule has 0 fully saturated rings. The number of halogens is 1. The van der Waals surface area contributed by atoms with E-state index < -0.39 is 0 Å². The minimum absolute atomic E-state index is 0. The number of aromatic nitrogens is 3. The van der Waals surface area contributed by atoms with Gasteiger partial charge in [0.15, 0.2) is 5.52 Å². The van der Waals surface area contributed by atoms with Crippen molar-refractivity contribution in [3.05, 3.63) is 48.8 Å². The van der Waals surface area contributed by atoms with Crippen molar-refractivity contribution < 1.29 is 21.7 Å². The Labute approximate surface area is 109 Å².